The van der Waals surface area contributed by atoms with E-state index in [4.69, 9.17) is 4.74 Å². The van der Waals surface area contributed by atoms with E-state index in [0.29, 0.717) is 24.8 Å². The third kappa shape index (κ3) is 4.99. The minimum atomic E-state index is -0.248. The summed E-state index contributed by atoms with van der Waals surface area (Å²) in [7, 11) is 1.65. The van der Waals surface area contributed by atoms with Gasteiger partial charge in [-0.3, -0.25) is 9.48 Å². The number of methoxy groups -OCH3 is 1. The van der Waals surface area contributed by atoms with Gasteiger partial charge in [0, 0.05) is 30.8 Å². The fourth-order valence-electron chi connectivity index (χ4n) is 2.36. The number of aromatic nitrogens is 4. The van der Waals surface area contributed by atoms with Crippen molar-refractivity contribution in [3.05, 3.63) is 61.6 Å². The second-order valence-corrected chi connectivity index (χ2v) is 5.65. The minimum Gasteiger partial charge on any atom is -0.383 e. The summed E-state index contributed by atoms with van der Waals surface area (Å²) in [6.07, 6.45) is 6.50. The molecule has 8 heteroatoms. The van der Waals surface area contributed by atoms with Crippen molar-refractivity contribution in [3.63, 3.8) is 0 Å². The number of nitrogens with zero attached hydrogens (tertiary/aromatic N) is 4. The second-order valence-electron chi connectivity index (χ2n) is 5.65. The van der Waals surface area contributed by atoms with Crippen LogP contribution in [0.1, 0.15) is 0 Å². The van der Waals surface area contributed by atoms with Crippen LogP contribution in [-0.4, -0.2) is 39.4 Å². The molecular weight excluding hydrogens is 344 g/mol. The molecule has 0 saturated heterocycles. The molecule has 0 atom stereocenters. The van der Waals surface area contributed by atoms with Crippen LogP contribution in [0.4, 0.5) is 17.3 Å². The Labute approximate surface area is 156 Å². The Morgan fingerprint density at radius 1 is 1.26 bits per heavy atom. The third-order valence-corrected chi connectivity index (χ3v) is 3.70. The zero-order chi connectivity index (χ0) is 19.1. The Morgan fingerprint density at radius 3 is 2.81 bits per heavy atom. The van der Waals surface area contributed by atoms with Crippen molar-refractivity contribution in [3.8, 4) is 11.3 Å². The van der Waals surface area contributed by atoms with Crippen molar-refractivity contribution in [2.45, 2.75) is 6.54 Å². The summed E-state index contributed by atoms with van der Waals surface area (Å²) < 4.78 is 6.82. The number of anilines is 3. The number of benzene rings is 1. The molecule has 0 spiro atoms. The van der Waals surface area contributed by atoms with Crippen molar-refractivity contribution in [2.75, 3.05) is 24.4 Å². The molecule has 0 bridgehead atoms. The van der Waals surface area contributed by atoms with Gasteiger partial charge in [-0.25, -0.2) is 9.97 Å². The van der Waals surface area contributed by atoms with Crippen LogP contribution in [0.25, 0.3) is 11.3 Å². The lowest BCUT2D eigenvalue weighted by atomic mass is 10.1. The monoisotopic (exact) mass is 364 g/mol. The smallest absolute Gasteiger partial charge is 0.247 e. The van der Waals surface area contributed by atoms with E-state index in [0.717, 1.165) is 16.9 Å². The van der Waals surface area contributed by atoms with Crippen LogP contribution in [0, 0.1) is 0 Å². The Balaban J connectivity index is 1.70. The Bertz CT molecular complexity index is 920. The number of hydrogen-bond acceptors (Lipinski definition) is 6. The van der Waals surface area contributed by atoms with Gasteiger partial charge in [-0.1, -0.05) is 18.7 Å². The summed E-state index contributed by atoms with van der Waals surface area (Å²) in [5, 5.41) is 10.1. The van der Waals surface area contributed by atoms with Gasteiger partial charge in [0.15, 0.2) is 0 Å². The molecule has 2 heterocycles. The molecule has 138 valence electrons. The van der Waals surface area contributed by atoms with Crippen LogP contribution in [0.3, 0.4) is 0 Å². The lowest BCUT2D eigenvalue weighted by molar-refractivity contribution is -0.111. The fourth-order valence-corrected chi connectivity index (χ4v) is 2.36. The topological polar surface area (TPSA) is 94.0 Å². The summed E-state index contributed by atoms with van der Waals surface area (Å²) >= 11 is 0. The summed E-state index contributed by atoms with van der Waals surface area (Å²) in [6, 6.07) is 9.21. The number of ether oxygens (including phenoxy) is 1. The summed E-state index contributed by atoms with van der Waals surface area (Å²) in [5.41, 5.74) is 3.17. The molecule has 0 saturated carbocycles. The van der Waals surface area contributed by atoms with Crippen molar-refractivity contribution < 1.29 is 9.53 Å². The lowest BCUT2D eigenvalue weighted by Gasteiger charge is -2.06. The first kappa shape index (κ1) is 18.3. The zero-order valence-corrected chi connectivity index (χ0v) is 14.9. The largest absolute Gasteiger partial charge is 0.383 e. The van der Waals surface area contributed by atoms with E-state index in [1.807, 2.05) is 36.5 Å². The quantitative estimate of drug-likeness (QED) is 0.597. The molecular formula is C19H20N6O2. The molecule has 0 aliphatic rings. The van der Waals surface area contributed by atoms with Crippen molar-refractivity contribution in [1.82, 2.24) is 19.7 Å². The van der Waals surface area contributed by atoms with E-state index in [1.54, 1.807) is 24.2 Å². The molecule has 3 aromatic rings. The molecule has 8 nitrogen and oxygen atoms in total. The van der Waals surface area contributed by atoms with Gasteiger partial charge >= 0.3 is 0 Å². The Morgan fingerprint density at radius 2 is 2.07 bits per heavy atom. The first-order valence-electron chi connectivity index (χ1n) is 8.33. The number of rotatable bonds is 8. The molecule has 0 radical (unpaired) electrons. The molecule has 3 rings (SSSR count). The van der Waals surface area contributed by atoms with Crippen LogP contribution in [0.15, 0.2) is 61.6 Å². The first-order valence-corrected chi connectivity index (χ1v) is 8.33. The molecule has 2 aromatic heterocycles. The third-order valence-electron chi connectivity index (χ3n) is 3.70. The maximum atomic E-state index is 11.3. The highest BCUT2D eigenvalue weighted by Gasteiger charge is 2.05. The van der Waals surface area contributed by atoms with Crippen LogP contribution < -0.4 is 10.6 Å². The van der Waals surface area contributed by atoms with Crippen LogP contribution in [0.2, 0.25) is 0 Å². The Hall–Kier alpha value is -3.52. The first-order chi connectivity index (χ1) is 13.2. The van der Waals surface area contributed by atoms with Gasteiger partial charge in [-0.15, -0.1) is 0 Å². The van der Waals surface area contributed by atoms with Gasteiger partial charge < -0.3 is 15.4 Å². The number of carbonyl (C=O) groups excluding carboxylic acids is 1. The lowest BCUT2D eigenvalue weighted by Crippen LogP contribution is -2.06. The second kappa shape index (κ2) is 8.72. The molecule has 0 unspecified atom stereocenters. The number of nitrogens with one attached hydrogen (secondary N) is 2. The van der Waals surface area contributed by atoms with Crippen molar-refractivity contribution in [1.29, 1.82) is 0 Å². The van der Waals surface area contributed by atoms with E-state index >= 15 is 0 Å². The summed E-state index contributed by atoms with van der Waals surface area (Å²) in [4.78, 5) is 20.1. The minimum absolute atomic E-state index is 0.248. The predicted octanol–water partition coefficient (Wildman–Crippen LogP) is 2.85. The van der Waals surface area contributed by atoms with Crippen LogP contribution >= 0.6 is 0 Å². The number of hydrogen-bond donors (Lipinski definition) is 2. The predicted molar refractivity (Wildman–Crippen MR) is 104 cm³/mol. The molecule has 1 amide bonds. The number of carbonyl (C=O) groups is 1. The number of amides is 1. The highest BCUT2D eigenvalue weighted by atomic mass is 16.5. The van der Waals surface area contributed by atoms with Gasteiger partial charge in [-0.2, -0.15) is 5.10 Å². The normalized spacial score (nSPS) is 10.4. The molecule has 2 N–H and O–H groups in total. The molecule has 0 fully saturated rings. The van der Waals surface area contributed by atoms with Crippen LogP contribution in [-0.2, 0) is 16.1 Å². The molecule has 0 aliphatic carbocycles. The average molecular weight is 364 g/mol. The zero-order valence-electron chi connectivity index (χ0n) is 14.9. The van der Waals surface area contributed by atoms with Gasteiger partial charge in [0.25, 0.3) is 0 Å². The van der Waals surface area contributed by atoms with E-state index in [9.17, 15) is 4.79 Å². The SMILES string of the molecule is C=CC(=O)Nc1ccc(-c2ccnc(Nc3cnn(CCOC)c3)n2)cc1. The van der Waals surface area contributed by atoms with Crippen LogP contribution in [0.5, 0.6) is 0 Å². The maximum Gasteiger partial charge on any atom is 0.247 e. The highest BCUT2D eigenvalue weighted by Crippen LogP contribution is 2.21. The Kier molecular flexibility index (Phi) is 5.91. The molecule has 0 aliphatic heterocycles. The van der Waals surface area contributed by atoms with E-state index < -0.39 is 0 Å². The van der Waals surface area contributed by atoms with Gasteiger partial charge in [0.05, 0.1) is 30.7 Å². The fraction of sp³-hybridized carbons (Fsp3) is 0.158. The standard InChI is InChI=1S/C19H20N6O2/c1-3-18(26)22-15-6-4-14(5-7-15)17-8-9-20-19(24-17)23-16-12-21-25(13-16)10-11-27-2/h3-9,12-13H,1,10-11H2,2H3,(H,22,26)(H,20,23,24). The average Bonchev–Trinajstić information content (AvgIpc) is 3.14. The maximum absolute atomic E-state index is 11.3. The van der Waals surface area contributed by atoms with E-state index in [-0.39, 0.29) is 5.91 Å². The van der Waals surface area contributed by atoms with Crippen molar-refractivity contribution in [2.24, 2.45) is 0 Å². The van der Waals surface area contributed by atoms with E-state index in [2.05, 4.69) is 32.3 Å². The van der Waals surface area contributed by atoms with Crippen molar-refractivity contribution >= 4 is 23.2 Å². The van der Waals surface area contributed by atoms with Gasteiger partial charge in [-0.05, 0) is 24.3 Å². The summed E-state index contributed by atoms with van der Waals surface area (Å²) in [5.74, 6) is 0.227. The van der Waals surface area contributed by atoms with Gasteiger partial charge in [0.1, 0.15) is 0 Å². The molecule has 1 aromatic carbocycles. The van der Waals surface area contributed by atoms with Gasteiger partial charge in [0.2, 0.25) is 11.9 Å². The highest BCUT2D eigenvalue weighted by molar-refractivity contribution is 5.98. The summed E-state index contributed by atoms with van der Waals surface area (Å²) in [6.45, 7) is 4.70. The van der Waals surface area contributed by atoms with E-state index in [1.165, 1.54) is 6.08 Å². The molecule has 27 heavy (non-hydrogen) atoms.